The average Bonchev–Trinajstić information content (AvgIpc) is 3.11. The first-order valence-corrected chi connectivity index (χ1v) is 7.70. The highest BCUT2D eigenvalue weighted by atomic mass is 35.5. The molecule has 0 amide bonds. The van der Waals surface area contributed by atoms with Crippen molar-refractivity contribution in [2.75, 3.05) is 0 Å². The molecule has 0 unspecified atom stereocenters. The lowest BCUT2D eigenvalue weighted by Gasteiger charge is -2.08. The van der Waals surface area contributed by atoms with Crippen molar-refractivity contribution >= 4 is 22.6 Å². The molecule has 2 aromatic carbocycles. The van der Waals surface area contributed by atoms with E-state index in [9.17, 15) is 0 Å². The van der Waals surface area contributed by atoms with Crippen LogP contribution in [0.1, 0.15) is 0 Å². The summed E-state index contributed by atoms with van der Waals surface area (Å²) in [6.07, 6.45) is 3.66. The molecule has 0 radical (unpaired) electrons. The van der Waals surface area contributed by atoms with E-state index in [0.29, 0.717) is 5.02 Å². The van der Waals surface area contributed by atoms with Gasteiger partial charge in [0.25, 0.3) is 0 Å². The quantitative estimate of drug-likeness (QED) is 0.552. The molecule has 0 N–H and O–H groups in total. The fraction of sp³-hybridized carbons (Fsp3) is 0.111. The van der Waals surface area contributed by atoms with E-state index < -0.39 is 0 Å². The number of rotatable bonds is 2. The molecule has 4 aromatic rings. The van der Waals surface area contributed by atoms with Crippen LogP contribution in [0, 0.1) is 0 Å². The van der Waals surface area contributed by atoms with Crippen molar-refractivity contribution in [3.8, 4) is 22.5 Å². The molecule has 0 saturated heterocycles. The highest BCUT2D eigenvalue weighted by Gasteiger charge is 2.14. The van der Waals surface area contributed by atoms with Crippen LogP contribution in [0.5, 0.6) is 0 Å². The van der Waals surface area contributed by atoms with E-state index in [2.05, 4.69) is 22.1 Å². The maximum atomic E-state index is 6.14. The Morgan fingerprint density at radius 3 is 2.52 bits per heavy atom. The maximum absolute atomic E-state index is 6.14. The van der Waals surface area contributed by atoms with Gasteiger partial charge in [-0.15, -0.1) is 0 Å². The van der Waals surface area contributed by atoms with Crippen LogP contribution in [-0.4, -0.2) is 19.1 Å². The van der Waals surface area contributed by atoms with Crippen LogP contribution in [0.4, 0.5) is 0 Å². The molecule has 0 atom stereocenters. The Bertz CT molecular complexity index is 1010. The number of halogens is 1. The molecule has 0 aliphatic rings. The smallest absolute Gasteiger partial charge is 0.0963 e. The van der Waals surface area contributed by atoms with Crippen molar-refractivity contribution in [1.29, 1.82) is 0 Å². The first-order chi connectivity index (χ1) is 11.1. The summed E-state index contributed by atoms with van der Waals surface area (Å²) in [5, 5.41) is 0.709. The first-order valence-electron chi connectivity index (χ1n) is 7.32. The molecule has 4 rings (SSSR count). The van der Waals surface area contributed by atoms with Crippen molar-refractivity contribution in [1.82, 2.24) is 19.1 Å². The van der Waals surface area contributed by atoms with Crippen LogP contribution in [0.2, 0.25) is 5.02 Å². The van der Waals surface area contributed by atoms with Gasteiger partial charge in [0.2, 0.25) is 0 Å². The number of fused-ring (bicyclic) bond motifs is 1. The highest BCUT2D eigenvalue weighted by Crippen LogP contribution is 2.33. The molecule has 2 heterocycles. The SMILES string of the molecule is Cn1cnc(-c2cccc(Cl)c2)c1-c1ccc2ncn(C)c2c1. The highest BCUT2D eigenvalue weighted by molar-refractivity contribution is 6.30. The Labute approximate surface area is 139 Å². The lowest BCUT2D eigenvalue weighted by atomic mass is 10.0. The summed E-state index contributed by atoms with van der Waals surface area (Å²) in [6.45, 7) is 0. The standard InChI is InChI=1S/C18H15ClN4/c1-22-10-20-15-7-6-13(9-16(15)22)18-17(21-11-23(18)2)12-4-3-5-14(19)8-12/h3-11H,1-2H3. The van der Waals surface area contributed by atoms with E-state index >= 15 is 0 Å². The van der Waals surface area contributed by atoms with E-state index in [1.54, 1.807) is 0 Å². The fourth-order valence-electron chi connectivity index (χ4n) is 2.89. The molecule has 5 heteroatoms. The Morgan fingerprint density at radius 2 is 1.70 bits per heavy atom. The zero-order chi connectivity index (χ0) is 16.0. The summed E-state index contributed by atoms with van der Waals surface area (Å²) in [5.74, 6) is 0. The number of benzene rings is 2. The van der Waals surface area contributed by atoms with Crippen molar-refractivity contribution in [2.45, 2.75) is 0 Å². The second-order valence-corrected chi connectivity index (χ2v) is 6.06. The van der Waals surface area contributed by atoms with E-state index in [1.165, 1.54) is 0 Å². The third-order valence-electron chi connectivity index (χ3n) is 4.03. The second-order valence-electron chi connectivity index (χ2n) is 5.62. The minimum absolute atomic E-state index is 0.709. The summed E-state index contributed by atoms with van der Waals surface area (Å²) >= 11 is 6.14. The molecule has 4 nitrogen and oxygen atoms in total. The molecule has 0 bridgehead atoms. The average molecular weight is 323 g/mol. The van der Waals surface area contributed by atoms with Crippen molar-refractivity contribution < 1.29 is 0 Å². The van der Waals surface area contributed by atoms with Gasteiger partial charge in [-0.3, -0.25) is 0 Å². The fourth-order valence-corrected chi connectivity index (χ4v) is 3.08. The third-order valence-corrected chi connectivity index (χ3v) is 4.27. The Kier molecular flexibility index (Phi) is 3.20. The molecule has 23 heavy (non-hydrogen) atoms. The number of aromatic nitrogens is 4. The third kappa shape index (κ3) is 2.32. The summed E-state index contributed by atoms with van der Waals surface area (Å²) in [4.78, 5) is 8.95. The number of hydrogen-bond acceptors (Lipinski definition) is 2. The minimum Gasteiger partial charge on any atom is -0.334 e. The maximum Gasteiger partial charge on any atom is 0.0963 e. The van der Waals surface area contributed by atoms with Gasteiger partial charge < -0.3 is 9.13 Å². The Morgan fingerprint density at radius 1 is 0.870 bits per heavy atom. The van der Waals surface area contributed by atoms with Gasteiger partial charge in [-0.05, 0) is 24.3 Å². The number of imidazole rings is 2. The van der Waals surface area contributed by atoms with E-state index in [-0.39, 0.29) is 0 Å². The largest absolute Gasteiger partial charge is 0.334 e. The van der Waals surface area contributed by atoms with Crippen LogP contribution in [-0.2, 0) is 14.1 Å². The monoisotopic (exact) mass is 322 g/mol. The van der Waals surface area contributed by atoms with Crippen LogP contribution in [0.3, 0.4) is 0 Å². The molecular weight excluding hydrogens is 308 g/mol. The van der Waals surface area contributed by atoms with Crippen molar-refractivity contribution in [3.63, 3.8) is 0 Å². The van der Waals surface area contributed by atoms with Gasteiger partial charge >= 0.3 is 0 Å². The lowest BCUT2D eigenvalue weighted by Crippen LogP contribution is -1.93. The van der Waals surface area contributed by atoms with Gasteiger partial charge in [0.05, 0.1) is 35.1 Å². The molecule has 0 fully saturated rings. The molecule has 0 spiro atoms. The number of nitrogens with zero attached hydrogens (tertiary/aromatic N) is 4. The zero-order valence-electron chi connectivity index (χ0n) is 12.9. The molecule has 2 aromatic heterocycles. The normalized spacial score (nSPS) is 11.3. The van der Waals surface area contributed by atoms with E-state index in [4.69, 9.17) is 11.6 Å². The minimum atomic E-state index is 0.709. The molecule has 0 aliphatic heterocycles. The summed E-state index contributed by atoms with van der Waals surface area (Å²) < 4.78 is 4.06. The van der Waals surface area contributed by atoms with Crippen LogP contribution in [0.25, 0.3) is 33.5 Å². The Hall–Kier alpha value is -2.59. The Balaban J connectivity index is 1.94. The molecule has 0 saturated carbocycles. The first kappa shape index (κ1) is 14.0. The summed E-state index contributed by atoms with van der Waals surface area (Å²) in [6, 6.07) is 14.1. The summed E-state index contributed by atoms with van der Waals surface area (Å²) in [5.41, 5.74) is 6.20. The topological polar surface area (TPSA) is 35.6 Å². The zero-order valence-corrected chi connectivity index (χ0v) is 13.6. The van der Waals surface area contributed by atoms with Gasteiger partial charge in [0.1, 0.15) is 0 Å². The molecular formula is C18H15ClN4. The predicted octanol–water partition coefficient (Wildman–Crippen LogP) is 4.29. The van der Waals surface area contributed by atoms with Crippen LogP contribution in [0.15, 0.2) is 55.1 Å². The van der Waals surface area contributed by atoms with Gasteiger partial charge in [-0.1, -0.05) is 29.8 Å². The lowest BCUT2D eigenvalue weighted by molar-refractivity contribution is 0.921. The van der Waals surface area contributed by atoms with E-state index in [1.807, 2.05) is 66.2 Å². The van der Waals surface area contributed by atoms with Gasteiger partial charge in [-0.2, -0.15) is 0 Å². The van der Waals surface area contributed by atoms with E-state index in [0.717, 1.165) is 33.5 Å². The van der Waals surface area contributed by atoms with Gasteiger partial charge in [0, 0.05) is 30.2 Å². The van der Waals surface area contributed by atoms with Gasteiger partial charge in [-0.25, -0.2) is 9.97 Å². The number of aryl methyl sites for hydroxylation is 2. The number of hydrogen-bond donors (Lipinski definition) is 0. The van der Waals surface area contributed by atoms with Crippen LogP contribution >= 0.6 is 11.6 Å². The molecule has 114 valence electrons. The van der Waals surface area contributed by atoms with Crippen molar-refractivity contribution in [3.05, 3.63) is 60.1 Å². The van der Waals surface area contributed by atoms with Crippen LogP contribution < -0.4 is 0 Å². The molecule has 0 aliphatic carbocycles. The predicted molar refractivity (Wildman–Crippen MR) is 93.4 cm³/mol. The second kappa shape index (κ2) is 5.25. The van der Waals surface area contributed by atoms with Gasteiger partial charge in [0.15, 0.2) is 0 Å². The summed E-state index contributed by atoms with van der Waals surface area (Å²) in [7, 11) is 4.00. The van der Waals surface area contributed by atoms with Crippen molar-refractivity contribution in [2.24, 2.45) is 14.1 Å².